The maximum Gasteiger partial charge on any atom is 0.472 e. The molecule has 5 atom stereocenters. The molecule has 0 aromatic heterocycles. The van der Waals surface area contributed by atoms with Crippen LogP contribution in [0.3, 0.4) is 0 Å². The molecule has 0 heterocycles. The van der Waals surface area contributed by atoms with Crippen molar-refractivity contribution in [3.8, 4) is 0 Å². The minimum Gasteiger partial charge on any atom is -0.462 e. The Morgan fingerprint density at radius 1 is 0.231 bits per heavy atom. The van der Waals surface area contributed by atoms with Gasteiger partial charge < -0.3 is 33.8 Å². The number of esters is 4. The molecule has 0 aliphatic carbocycles. The highest BCUT2D eigenvalue weighted by molar-refractivity contribution is 7.47. The Balaban J connectivity index is 5.22. The molecule has 0 aromatic carbocycles. The van der Waals surface area contributed by atoms with Crippen molar-refractivity contribution >= 4 is 39.5 Å². The predicted molar refractivity (Wildman–Crippen MR) is 428 cm³/mol. The lowest BCUT2D eigenvalue weighted by Gasteiger charge is -2.21. The van der Waals surface area contributed by atoms with Gasteiger partial charge in [0.2, 0.25) is 0 Å². The van der Waals surface area contributed by atoms with E-state index in [9.17, 15) is 43.2 Å². The summed E-state index contributed by atoms with van der Waals surface area (Å²) in [5.41, 5.74) is 0. The fraction of sp³-hybridized carbons (Fsp3) is 0.953. The third-order valence-electron chi connectivity index (χ3n) is 20.1. The lowest BCUT2D eigenvalue weighted by molar-refractivity contribution is -0.161. The molecule has 0 fully saturated rings. The average Bonchev–Trinajstić information content (AvgIpc) is 0.905. The van der Waals surface area contributed by atoms with Crippen molar-refractivity contribution in [3.05, 3.63) is 0 Å². The Morgan fingerprint density at radius 2 is 0.385 bits per heavy atom. The molecule has 0 amide bonds. The molecule has 2 unspecified atom stereocenters. The fourth-order valence-corrected chi connectivity index (χ4v) is 14.9. The molecule has 0 aliphatic heterocycles. The molecule has 0 radical (unpaired) electrons. The van der Waals surface area contributed by atoms with Crippen molar-refractivity contribution < 1.29 is 80.2 Å². The van der Waals surface area contributed by atoms with Gasteiger partial charge in [0, 0.05) is 25.7 Å². The number of phosphoric ester groups is 2. The van der Waals surface area contributed by atoms with E-state index < -0.39 is 97.5 Å². The first-order chi connectivity index (χ1) is 50.7. The predicted octanol–water partition coefficient (Wildman–Crippen LogP) is 26.1. The number of aliphatic hydroxyl groups is 1. The molecular formula is C85H166O17P2. The summed E-state index contributed by atoms with van der Waals surface area (Å²) in [6, 6.07) is 0. The molecule has 0 spiro atoms. The molecule has 0 saturated carbocycles. The first kappa shape index (κ1) is 102. The van der Waals surface area contributed by atoms with Crippen LogP contribution in [0.2, 0.25) is 0 Å². The SMILES string of the molecule is CCCCCCCCCCCCCCCCCCCCCCCCC(=O)O[C@H](COC(=O)CCCCCCCCCCCCCCCCCC)COP(=O)(O)OC[C@@H](O)COP(=O)(O)OC[C@@H](COC(=O)CCCCCCCCCCCCC)OC(=O)CCCCCCCCCCCCCCCCC. The summed E-state index contributed by atoms with van der Waals surface area (Å²) in [6.07, 6.45) is 73.5. The molecule has 0 bridgehead atoms. The first-order valence-electron chi connectivity index (χ1n) is 44.3. The van der Waals surface area contributed by atoms with E-state index >= 15 is 0 Å². The number of hydrogen-bond donors (Lipinski definition) is 3. The van der Waals surface area contributed by atoms with Crippen LogP contribution in [0.25, 0.3) is 0 Å². The maximum atomic E-state index is 13.1. The maximum absolute atomic E-state index is 13.1. The minimum atomic E-state index is -4.96. The summed E-state index contributed by atoms with van der Waals surface area (Å²) in [4.78, 5) is 73.2. The van der Waals surface area contributed by atoms with E-state index in [4.69, 9.17) is 37.0 Å². The van der Waals surface area contributed by atoms with E-state index in [1.165, 1.54) is 295 Å². The molecule has 17 nitrogen and oxygen atoms in total. The first-order valence-corrected chi connectivity index (χ1v) is 47.3. The van der Waals surface area contributed by atoms with E-state index in [0.717, 1.165) is 89.9 Å². The second kappa shape index (κ2) is 79.2. The number of aliphatic hydroxyl groups excluding tert-OH is 1. The molecule has 0 aliphatic rings. The highest BCUT2D eigenvalue weighted by atomic mass is 31.2. The van der Waals surface area contributed by atoms with Crippen LogP contribution in [0.1, 0.15) is 464 Å². The third-order valence-corrected chi connectivity index (χ3v) is 22.0. The monoisotopic (exact) mass is 1520 g/mol. The summed E-state index contributed by atoms with van der Waals surface area (Å²) < 4.78 is 68.9. The topological polar surface area (TPSA) is 237 Å². The largest absolute Gasteiger partial charge is 0.472 e. The number of carbonyl (C=O) groups excluding carboxylic acids is 4. The van der Waals surface area contributed by atoms with Gasteiger partial charge in [-0.15, -0.1) is 0 Å². The highest BCUT2D eigenvalue weighted by Gasteiger charge is 2.30. The Labute approximate surface area is 638 Å². The minimum absolute atomic E-state index is 0.109. The molecule has 0 rings (SSSR count). The Morgan fingerprint density at radius 3 is 0.567 bits per heavy atom. The number of carbonyl (C=O) groups is 4. The van der Waals surface area contributed by atoms with Gasteiger partial charge in [-0.25, -0.2) is 9.13 Å². The Kier molecular flexibility index (Phi) is 77.7. The van der Waals surface area contributed by atoms with Gasteiger partial charge in [0.25, 0.3) is 0 Å². The molecular weight excluding hydrogens is 1350 g/mol. The highest BCUT2D eigenvalue weighted by Crippen LogP contribution is 2.45. The quantitative estimate of drug-likeness (QED) is 0.0222. The lowest BCUT2D eigenvalue weighted by atomic mass is 10.0. The van der Waals surface area contributed by atoms with Crippen molar-refractivity contribution in [3.63, 3.8) is 0 Å². The van der Waals surface area contributed by atoms with Crippen LogP contribution in [0.15, 0.2) is 0 Å². The Bertz CT molecular complexity index is 1960. The summed E-state index contributed by atoms with van der Waals surface area (Å²) >= 11 is 0. The van der Waals surface area contributed by atoms with Gasteiger partial charge in [0.1, 0.15) is 19.3 Å². The molecule has 19 heteroatoms. The average molecular weight is 1520 g/mol. The van der Waals surface area contributed by atoms with E-state index in [-0.39, 0.29) is 25.7 Å². The molecule has 0 saturated heterocycles. The van der Waals surface area contributed by atoms with Gasteiger partial charge in [-0.3, -0.25) is 37.3 Å². The zero-order valence-corrected chi connectivity index (χ0v) is 69.8. The van der Waals surface area contributed by atoms with E-state index in [0.29, 0.717) is 25.7 Å². The van der Waals surface area contributed by atoms with Crippen LogP contribution < -0.4 is 0 Å². The van der Waals surface area contributed by atoms with E-state index in [1.807, 2.05) is 0 Å². The fourth-order valence-electron chi connectivity index (χ4n) is 13.3. The van der Waals surface area contributed by atoms with Crippen molar-refractivity contribution in [1.82, 2.24) is 0 Å². The molecule has 618 valence electrons. The van der Waals surface area contributed by atoms with Gasteiger partial charge in [-0.05, 0) is 25.7 Å². The van der Waals surface area contributed by atoms with Gasteiger partial charge in [0.15, 0.2) is 12.2 Å². The van der Waals surface area contributed by atoms with Crippen LogP contribution >= 0.6 is 15.6 Å². The van der Waals surface area contributed by atoms with Crippen LogP contribution in [-0.4, -0.2) is 96.7 Å². The standard InChI is InChI=1S/C85H166O17P2/c1-5-9-13-17-21-25-29-32-35-37-38-39-40-41-42-45-48-52-56-60-64-68-72-85(90)102-81(76-96-83(88)70-66-62-58-54-50-46-44-36-33-30-26-22-18-14-10-6-2)78-100-104(93,94)98-74-79(86)73-97-103(91,92)99-77-80(75-95-82(87)69-65-61-57-53-49-28-24-20-16-12-8-4)101-84(89)71-67-63-59-55-51-47-43-34-31-27-23-19-15-11-7-3/h79-81,86H,5-78H2,1-4H3,(H,91,92)(H,93,94)/t79-,80+,81+/m0/s1. The third kappa shape index (κ3) is 78.2. The second-order valence-electron chi connectivity index (χ2n) is 30.6. The van der Waals surface area contributed by atoms with Crippen LogP contribution in [0.5, 0.6) is 0 Å². The molecule has 104 heavy (non-hydrogen) atoms. The summed E-state index contributed by atoms with van der Waals surface area (Å²) in [5.74, 6) is -2.10. The number of rotatable bonds is 86. The second-order valence-corrected chi connectivity index (χ2v) is 33.5. The van der Waals surface area contributed by atoms with Gasteiger partial charge in [-0.1, -0.05) is 413 Å². The number of phosphoric acid groups is 2. The van der Waals surface area contributed by atoms with Crippen LogP contribution in [-0.2, 0) is 65.4 Å². The van der Waals surface area contributed by atoms with Crippen LogP contribution in [0, 0.1) is 0 Å². The normalized spacial score (nSPS) is 13.7. The zero-order valence-electron chi connectivity index (χ0n) is 68.0. The van der Waals surface area contributed by atoms with Crippen molar-refractivity contribution in [2.24, 2.45) is 0 Å². The number of unbranched alkanes of at least 4 members (excludes halogenated alkanes) is 60. The Hall–Kier alpha value is -1.94. The van der Waals surface area contributed by atoms with Crippen molar-refractivity contribution in [2.45, 2.75) is 483 Å². The summed E-state index contributed by atoms with van der Waals surface area (Å²) in [6.45, 7) is 5.05. The zero-order chi connectivity index (χ0) is 76.0. The van der Waals surface area contributed by atoms with Crippen molar-refractivity contribution in [2.75, 3.05) is 39.6 Å². The summed E-state index contributed by atoms with van der Waals surface area (Å²) in [7, 11) is -9.92. The number of hydrogen-bond acceptors (Lipinski definition) is 15. The van der Waals surface area contributed by atoms with Crippen LogP contribution in [0.4, 0.5) is 0 Å². The summed E-state index contributed by atoms with van der Waals surface area (Å²) in [5, 5.41) is 10.7. The van der Waals surface area contributed by atoms with Gasteiger partial charge >= 0.3 is 39.5 Å². The van der Waals surface area contributed by atoms with E-state index in [2.05, 4.69) is 27.7 Å². The van der Waals surface area contributed by atoms with Gasteiger partial charge in [0.05, 0.1) is 26.4 Å². The van der Waals surface area contributed by atoms with E-state index in [1.54, 1.807) is 0 Å². The molecule has 0 aromatic rings. The van der Waals surface area contributed by atoms with Crippen molar-refractivity contribution in [1.29, 1.82) is 0 Å². The number of ether oxygens (including phenoxy) is 4. The molecule has 3 N–H and O–H groups in total. The lowest BCUT2D eigenvalue weighted by Crippen LogP contribution is -2.30. The smallest absolute Gasteiger partial charge is 0.462 e. The van der Waals surface area contributed by atoms with Gasteiger partial charge in [-0.2, -0.15) is 0 Å².